The molecule has 3 aromatic rings. The molecule has 0 radical (unpaired) electrons. The first kappa shape index (κ1) is 23.1. The van der Waals surface area contributed by atoms with E-state index in [1.54, 1.807) is 0 Å². The number of fused-ring (bicyclic) bond motifs is 1. The van der Waals surface area contributed by atoms with Gasteiger partial charge in [0.25, 0.3) is 5.91 Å². The second-order valence-electron chi connectivity index (χ2n) is 10.4. The van der Waals surface area contributed by atoms with E-state index in [-0.39, 0.29) is 17.5 Å². The quantitative estimate of drug-likeness (QED) is 0.591. The van der Waals surface area contributed by atoms with E-state index in [9.17, 15) is 4.79 Å². The summed E-state index contributed by atoms with van der Waals surface area (Å²) in [7, 11) is 4.12. The number of nitrogens with one attached hydrogen (secondary N) is 2. The summed E-state index contributed by atoms with van der Waals surface area (Å²) in [5, 5.41) is 12.5. The Bertz CT molecular complexity index is 1140. The summed E-state index contributed by atoms with van der Waals surface area (Å²) in [5.41, 5.74) is 3.52. The molecule has 0 unspecified atom stereocenters. The van der Waals surface area contributed by atoms with Crippen LogP contribution in [-0.4, -0.2) is 46.9 Å². The zero-order chi connectivity index (χ0) is 23.8. The van der Waals surface area contributed by atoms with Crippen molar-refractivity contribution in [2.45, 2.75) is 71.0 Å². The Labute approximate surface area is 196 Å². The molecule has 2 N–H and O–H groups in total. The van der Waals surface area contributed by atoms with Gasteiger partial charge in [-0.05, 0) is 65.5 Å². The molecule has 1 aliphatic rings. The third kappa shape index (κ3) is 5.13. The van der Waals surface area contributed by atoms with Crippen molar-refractivity contribution in [3.05, 3.63) is 47.8 Å². The fourth-order valence-electron chi connectivity index (χ4n) is 4.72. The van der Waals surface area contributed by atoms with Gasteiger partial charge in [0.2, 0.25) is 0 Å². The van der Waals surface area contributed by atoms with E-state index < -0.39 is 0 Å². The van der Waals surface area contributed by atoms with Gasteiger partial charge in [0, 0.05) is 49.0 Å². The molecular formula is C26H36N6O. The number of anilines is 2. The molecule has 1 amide bonds. The fourth-order valence-corrected chi connectivity index (χ4v) is 4.72. The Hall–Kier alpha value is -3.09. The highest BCUT2D eigenvalue weighted by atomic mass is 16.2. The maximum absolute atomic E-state index is 12.8. The van der Waals surface area contributed by atoms with Crippen LogP contribution in [-0.2, 0) is 5.54 Å². The molecule has 1 saturated carbocycles. The molecule has 2 aromatic heterocycles. The van der Waals surface area contributed by atoms with Crippen LogP contribution in [0.15, 0.2) is 36.4 Å². The summed E-state index contributed by atoms with van der Waals surface area (Å²) < 4.78 is 1.92. The average Bonchev–Trinajstić information content (AvgIpc) is 3.17. The predicted octanol–water partition coefficient (Wildman–Crippen LogP) is 4.71. The van der Waals surface area contributed by atoms with Crippen molar-refractivity contribution in [1.82, 2.24) is 20.1 Å². The van der Waals surface area contributed by atoms with E-state index in [1.165, 1.54) is 0 Å². The molecular weight excluding hydrogens is 412 g/mol. The largest absolute Gasteiger partial charge is 0.377 e. The smallest absolute Gasteiger partial charge is 0.272 e. The highest BCUT2D eigenvalue weighted by molar-refractivity contribution is 5.93. The van der Waals surface area contributed by atoms with Crippen LogP contribution < -0.4 is 15.5 Å². The molecule has 0 aliphatic heterocycles. The lowest BCUT2D eigenvalue weighted by atomic mass is 9.91. The van der Waals surface area contributed by atoms with E-state index in [1.807, 2.05) is 23.7 Å². The number of para-hydroxylation sites is 1. The molecule has 7 nitrogen and oxygen atoms in total. The Morgan fingerprint density at radius 2 is 1.73 bits per heavy atom. The van der Waals surface area contributed by atoms with E-state index >= 15 is 0 Å². The lowest BCUT2D eigenvalue weighted by Gasteiger charge is -2.30. The van der Waals surface area contributed by atoms with Gasteiger partial charge in [-0.2, -0.15) is 5.10 Å². The van der Waals surface area contributed by atoms with Crippen molar-refractivity contribution in [3.63, 3.8) is 0 Å². The van der Waals surface area contributed by atoms with Gasteiger partial charge in [-0.15, -0.1) is 0 Å². The maximum atomic E-state index is 12.8. The number of carbonyl (C=O) groups excluding carboxylic acids is 1. The summed E-state index contributed by atoms with van der Waals surface area (Å²) in [4.78, 5) is 19.7. The number of carbonyl (C=O) groups is 1. The first-order valence-corrected chi connectivity index (χ1v) is 11.8. The molecule has 0 bridgehead atoms. The first-order valence-electron chi connectivity index (χ1n) is 11.8. The summed E-state index contributed by atoms with van der Waals surface area (Å²) in [6.07, 6.45) is 3.87. The number of aromatic nitrogens is 3. The van der Waals surface area contributed by atoms with Crippen LogP contribution in [0.3, 0.4) is 0 Å². The second kappa shape index (κ2) is 9.04. The molecule has 0 spiro atoms. The summed E-state index contributed by atoms with van der Waals surface area (Å²) in [6, 6.07) is 12.8. The van der Waals surface area contributed by atoms with Crippen molar-refractivity contribution in [2.75, 3.05) is 24.3 Å². The lowest BCUT2D eigenvalue weighted by Crippen LogP contribution is -2.40. The topological polar surface area (TPSA) is 75.1 Å². The zero-order valence-corrected chi connectivity index (χ0v) is 20.6. The van der Waals surface area contributed by atoms with Gasteiger partial charge in [-0.3, -0.25) is 9.48 Å². The SMILES string of the molecule is Cc1cc(C(=O)NC2CCC(Nc3cc(N(C)C)c4ccccc4n3)CC2)nn1C(C)(C)C. The van der Waals surface area contributed by atoms with Crippen molar-refractivity contribution in [2.24, 2.45) is 0 Å². The van der Waals surface area contributed by atoms with Crippen molar-refractivity contribution < 1.29 is 4.79 Å². The monoisotopic (exact) mass is 448 g/mol. The Kier molecular flexibility index (Phi) is 6.32. The van der Waals surface area contributed by atoms with Crippen LogP contribution in [0.2, 0.25) is 0 Å². The predicted molar refractivity (Wildman–Crippen MR) is 135 cm³/mol. The maximum Gasteiger partial charge on any atom is 0.272 e. The fraction of sp³-hybridized carbons (Fsp3) is 0.500. The van der Waals surface area contributed by atoms with Crippen molar-refractivity contribution in [1.29, 1.82) is 0 Å². The third-order valence-corrected chi connectivity index (χ3v) is 6.35. The molecule has 33 heavy (non-hydrogen) atoms. The van der Waals surface area contributed by atoms with Crippen LogP contribution >= 0.6 is 0 Å². The third-order valence-electron chi connectivity index (χ3n) is 6.35. The summed E-state index contributed by atoms with van der Waals surface area (Å²) >= 11 is 0. The van der Waals surface area contributed by atoms with Gasteiger partial charge in [0.15, 0.2) is 0 Å². The van der Waals surface area contributed by atoms with Crippen molar-refractivity contribution in [3.8, 4) is 0 Å². The number of pyridine rings is 1. The van der Waals surface area contributed by atoms with E-state index in [2.05, 4.69) is 79.8 Å². The molecule has 0 saturated heterocycles. The van der Waals surface area contributed by atoms with Gasteiger partial charge in [-0.1, -0.05) is 18.2 Å². The van der Waals surface area contributed by atoms with Crippen LogP contribution in [0.4, 0.5) is 11.5 Å². The van der Waals surface area contributed by atoms with E-state index in [0.29, 0.717) is 11.7 Å². The van der Waals surface area contributed by atoms with E-state index in [4.69, 9.17) is 4.98 Å². The number of aryl methyl sites for hydroxylation is 1. The first-order chi connectivity index (χ1) is 15.6. The number of hydrogen-bond acceptors (Lipinski definition) is 5. The highest BCUT2D eigenvalue weighted by Crippen LogP contribution is 2.29. The van der Waals surface area contributed by atoms with Crippen LogP contribution in [0, 0.1) is 6.92 Å². The van der Waals surface area contributed by atoms with Crippen molar-refractivity contribution >= 4 is 28.3 Å². The Balaban J connectivity index is 1.36. The molecule has 1 aliphatic carbocycles. The van der Waals surface area contributed by atoms with Crippen LogP contribution in [0.5, 0.6) is 0 Å². The molecule has 4 rings (SSSR count). The van der Waals surface area contributed by atoms with Gasteiger partial charge in [0.1, 0.15) is 11.5 Å². The summed E-state index contributed by atoms with van der Waals surface area (Å²) in [6.45, 7) is 8.27. The van der Waals surface area contributed by atoms with Crippen LogP contribution in [0.25, 0.3) is 10.9 Å². The lowest BCUT2D eigenvalue weighted by molar-refractivity contribution is 0.0920. The molecule has 2 heterocycles. The molecule has 1 fully saturated rings. The highest BCUT2D eigenvalue weighted by Gasteiger charge is 2.25. The number of hydrogen-bond donors (Lipinski definition) is 2. The zero-order valence-electron chi connectivity index (χ0n) is 20.6. The van der Waals surface area contributed by atoms with Gasteiger partial charge < -0.3 is 15.5 Å². The number of nitrogens with zero attached hydrogens (tertiary/aromatic N) is 4. The standard InChI is InChI=1S/C26H36N6O/c1-17-15-22(30-32(17)26(2,3)4)25(33)28-19-13-11-18(12-14-19)27-24-16-23(31(5)6)20-9-7-8-10-21(20)29-24/h7-10,15-16,18-19H,11-14H2,1-6H3,(H,27,29)(H,28,33). The minimum atomic E-state index is -0.143. The number of benzene rings is 1. The average molecular weight is 449 g/mol. The minimum Gasteiger partial charge on any atom is -0.377 e. The van der Waals surface area contributed by atoms with Crippen LogP contribution in [0.1, 0.15) is 62.6 Å². The molecule has 0 atom stereocenters. The van der Waals surface area contributed by atoms with E-state index in [0.717, 1.165) is 53.8 Å². The Morgan fingerprint density at radius 3 is 2.36 bits per heavy atom. The summed E-state index contributed by atoms with van der Waals surface area (Å²) in [5.74, 6) is 0.831. The molecule has 1 aromatic carbocycles. The minimum absolute atomic E-state index is 0.0793. The van der Waals surface area contributed by atoms with Gasteiger partial charge in [-0.25, -0.2) is 4.98 Å². The number of amides is 1. The second-order valence-corrected chi connectivity index (χ2v) is 10.4. The number of rotatable bonds is 5. The molecule has 7 heteroatoms. The normalized spacial score (nSPS) is 18.8. The molecule has 176 valence electrons. The Morgan fingerprint density at radius 1 is 1.06 bits per heavy atom. The van der Waals surface area contributed by atoms with Gasteiger partial charge in [0.05, 0.1) is 11.1 Å². The van der Waals surface area contributed by atoms with Gasteiger partial charge >= 0.3 is 0 Å².